The van der Waals surface area contributed by atoms with Gasteiger partial charge < -0.3 is 20.4 Å². The first-order chi connectivity index (χ1) is 14.7. The van der Waals surface area contributed by atoms with Crippen LogP contribution in [0, 0.1) is 0 Å². The Balaban J connectivity index is 1.97. The summed E-state index contributed by atoms with van der Waals surface area (Å²) >= 11 is 0. The molecule has 0 aliphatic carbocycles. The van der Waals surface area contributed by atoms with Gasteiger partial charge in [0.2, 0.25) is 5.91 Å². The molecule has 1 aromatic heterocycles. The second-order valence-corrected chi connectivity index (χ2v) is 6.95. The molecule has 1 fully saturated rings. The summed E-state index contributed by atoms with van der Waals surface area (Å²) in [5, 5.41) is 0. The third-order valence-corrected chi connectivity index (χ3v) is 4.89. The number of alkyl halides is 3. The SMILES string of the molecule is NC(=O)c1c[nH]c(=O)c(C(=O)N(CCN2CCOCC2)c2cccc(C(F)(F)F)c2)c1. The average Bonchev–Trinajstić information content (AvgIpc) is 2.74. The maximum atomic E-state index is 13.2. The number of carbonyl (C=O) groups excluding carboxylic acids is 2. The molecule has 1 saturated heterocycles. The molecule has 3 rings (SSSR count). The molecule has 0 unspecified atom stereocenters. The van der Waals surface area contributed by atoms with Crippen molar-refractivity contribution in [2.75, 3.05) is 44.3 Å². The Bertz CT molecular complexity index is 1020. The van der Waals surface area contributed by atoms with Crippen LogP contribution in [0.4, 0.5) is 18.9 Å². The number of hydrogen-bond donors (Lipinski definition) is 2. The van der Waals surface area contributed by atoms with Crippen molar-refractivity contribution in [3.8, 4) is 0 Å². The highest BCUT2D eigenvalue weighted by Gasteiger charge is 2.32. The van der Waals surface area contributed by atoms with Crippen molar-refractivity contribution in [3.63, 3.8) is 0 Å². The number of nitrogens with zero attached hydrogens (tertiary/aromatic N) is 2. The van der Waals surface area contributed by atoms with Crippen LogP contribution in [0.25, 0.3) is 0 Å². The maximum absolute atomic E-state index is 13.2. The number of ether oxygens (including phenoxy) is 1. The number of amides is 2. The zero-order valence-corrected chi connectivity index (χ0v) is 16.4. The number of anilines is 1. The van der Waals surface area contributed by atoms with Gasteiger partial charge in [-0.25, -0.2) is 0 Å². The molecule has 1 aliphatic rings. The third-order valence-electron chi connectivity index (χ3n) is 4.89. The van der Waals surface area contributed by atoms with Crippen molar-refractivity contribution in [1.29, 1.82) is 0 Å². The molecule has 0 saturated carbocycles. The van der Waals surface area contributed by atoms with Crippen LogP contribution in [0.2, 0.25) is 0 Å². The molecular formula is C20H21F3N4O4. The molecule has 2 heterocycles. The van der Waals surface area contributed by atoms with Crippen LogP contribution in [0.3, 0.4) is 0 Å². The van der Waals surface area contributed by atoms with Crippen LogP contribution >= 0.6 is 0 Å². The van der Waals surface area contributed by atoms with E-state index in [1.807, 2.05) is 4.90 Å². The molecule has 31 heavy (non-hydrogen) atoms. The first-order valence-corrected chi connectivity index (χ1v) is 9.48. The standard InChI is InChI=1S/C20H21F3N4O4/c21-20(22,23)14-2-1-3-15(11-14)27(5-4-26-6-8-31-9-7-26)19(30)16-10-13(17(24)28)12-25-18(16)29/h1-3,10-12H,4-9H2,(H2,24,28)(H,25,29). The van der Waals surface area contributed by atoms with E-state index in [-0.39, 0.29) is 17.8 Å². The summed E-state index contributed by atoms with van der Waals surface area (Å²) in [5.74, 6) is -1.69. The monoisotopic (exact) mass is 438 g/mol. The van der Waals surface area contributed by atoms with Crippen LogP contribution in [0.5, 0.6) is 0 Å². The van der Waals surface area contributed by atoms with Gasteiger partial charge in [-0.05, 0) is 24.3 Å². The largest absolute Gasteiger partial charge is 0.416 e. The lowest BCUT2D eigenvalue weighted by Gasteiger charge is -2.30. The van der Waals surface area contributed by atoms with Crippen molar-refractivity contribution in [2.24, 2.45) is 5.73 Å². The first kappa shape index (κ1) is 22.5. The van der Waals surface area contributed by atoms with Crippen LogP contribution in [0.15, 0.2) is 41.3 Å². The van der Waals surface area contributed by atoms with Crippen molar-refractivity contribution in [1.82, 2.24) is 9.88 Å². The minimum absolute atomic E-state index is 0.0167. The number of hydrogen-bond acceptors (Lipinski definition) is 5. The topological polar surface area (TPSA) is 109 Å². The average molecular weight is 438 g/mol. The highest BCUT2D eigenvalue weighted by molar-refractivity contribution is 6.07. The first-order valence-electron chi connectivity index (χ1n) is 9.48. The Labute approximate surface area is 175 Å². The number of pyridine rings is 1. The smallest absolute Gasteiger partial charge is 0.379 e. The zero-order chi connectivity index (χ0) is 22.6. The van der Waals surface area contributed by atoms with Crippen molar-refractivity contribution < 1.29 is 27.5 Å². The van der Waals surface area contributed by atoms with Crippen LogP contribution in [-0.4, -0.2) is 61.1 Å². The highest BCUT2D eigenvalue weighted by Crippen LogP contribution is 2.32. The zero-order valence-electron chi connectivity index (χ0n) is 16.4. The van der Waals surface area contributed by atoms with Crippen LogP contribution < -0.4 is 16.2 Å². The minimum atomic E-state index is -4.60. The molecular weight excluding hydrogens is 417 g/mol. The lowest BCUT2D eigenvalue weighted by molar-refractivity contribution is -0.137. The van der Waals surface area contributed by atoms with Crippen LogP contribution in [-0.2, 0) is 10.9 Å². The molecule has 0 radical (unpaired) electrons. The number of nitrogens with two attached hydrogens (primary N) is 1. The molecule has 2 aromatic rings. The van der Waals surface area contributed by atoms with Gasteiger partial charge in [-0.2, -0.15) is 13.2 Å². The fourth-order valence-electron chi connectivity index (χ4n) is 3.19. The van der Waals surface area contributed by atoms with E-state index in [2.05, 4.69) is 4.98 Å². The fraction of sp³-hybridized carbons (Fsp3) is 0.350. The molecule has 0 atom stereocenters. The van der Waals surface area contributed by atoms with Gasteiger partial charge in [0.05, 0.1) is 24.3 Å². The predicted octanol–water partition coefficient (Wildman–Crippen LogP) is 1.47. The Kier molecular flexibility index (Phi) is 6.76. The highest BCUT2D eigenvalue weighted by atomic mass is 19.4. The Morgan fingerprint density at radius 3 is 2.55 bits per heavy atom. The van der Waals surface area contributed by atoms with E-state index >= 15 is 0 Å². The molecule has 11 heteroatoms. The number of primary amides is 1. The molecule has 166 valence electrons. The van der Waals surface area contributed by atoms with Gasteiger partial charge in [0.15, 0.2) is 0 Å². The lowest BCUT2D eigenvalue weighted by atomic mass is 10.1. The number of aromatic amines is 1. The number of carbonyl (C=O) groups is 2. The van der Waals surface area contributed by atoms with E-state index in [9.17, 15) is 27.6 Å². The number of rotatable bonds is 6. The van der Waals surface area contributed by atoms with E-state index in [0.29, 0.717) is 32.8 Å². The Morgan fingerprint density at radius 2 is 1.90 bits per heavy atom. The molecule has 2 amide bonds. The summed E-state index contributed by atoms with van der Waals surface area (Å²) in [6, 6.07) is 5.34. The fourth-order valence-corrected chi connectivity index (χ4v) is 3.19. The second kappa shape index (κ2) is 9.31. The number of H-pyrrole nitrogens is 1. The maximum Gasteiger partial charge on any atom is 0.416 e. The van der Waals surface area contributed by atoms with Crippen molar-refractivity contribution in [3.05, 3.63) is 63.6 Å². The van der Waals surface area contributed by atoms with Gasteiger partial charge in [0.1, 0.15) is 5.56 Å². The van der Waals surface area contributed by atoms with E-state index in [1.165, 1.54) is 12.1 Å². The van der Waals surface area contributed by atoms with E-state index in [1.54, 1.807) is 0 Å². The minimum Gasteiger partial charge on any atom is -0.379 e. The summed E-state index contributed by atoms with van der Waals surface area (Å²) in [6.07, 6.45) is -3.53. The lowest BCUT2D eigenvalue weighted by Crippen LogP contribution is -2.44. The predicted molar refractivity (Wildman–Crippen MR) is 106 cm³/mol. The molecule has 0 spiro atoms. The molecule has 8 nitrogen and oxygen atoms in total. The number of morpholine rings is 1. The normalized spacial score (nSPS) is 14.9. The van der Waals surface area contributed by atoms with Crippen LogP contribution in [0.1, 0.15) is 26.3 Å². The molecule has 3 N–H and O–H groups in total. The number of halogens is 3. The molecule has 1 aliphatic heterocycles. The molecule has 1 aromatic carbocycles. The molecule has 0 bridgehead atoms. The van der Waals surface area contributed by atoms with Gasteiger partial charge >= 0.3 is 6.18 Å². The summed E-state index contributed by atoms with van der Waals surface area (Å²) in [7, 11) is 0. The van der Waals surface area contributed by atoms with E-state index < -0.39 is 34.7 Å². The van der Waals surface area contributed by atoms with E-state index in [4.69, 9.17) is 10.5 Å². The van der Waals surface area contributed by atoms with Gasteiger partial charge in [-0.1, -0.05) is 6.07 Å². The summed E-state index contributed by atoms with van der Waals surface area (Å²) < 4.78 is 44.9. The summed E-state index contributed by atoms with van der Waals surface area (Å²) in [4.78, 5) is 42.3. The van der Waals surface area contributed by atoms with Crippen molar-refractivity contribution in [2.45, 2.75) is 6.18 Å². The van der Waals surface area contributed by atoms with Crippen molar-refractivity contribution >= 4 is 17.5 Å². The third kappa shape index (κ3) is 5.50. The van der Waals surface area contributed by atoms with Gasteiger partial charge in [-0.3, -0.25) is 19.3 Å². The summed E-state index contributed by atoms with van der Waals surface area (Å²) in [5.41, 5.74) is 3.01. The number of nitrogens with one attached hydrogen (secondary N) is 1. The number of benzene rings is 1. The van der Waals surface area contributed by atoms with Gasteiger partial charge in [0.25, 0.3) is 11.5 Å². The van der Waals surface area contributed by atoms with Gasteiger partial charge in [0, 0.05) is 38.1 Å². The Morgan fingerprint density at radius 1 is 1.19 bits per heavy atom. The Hall–Kier alpha value is -3.18. The summed E-state index contributed by atoms with van der Waals surface area (Å²) in [6.45, 7) is 2.64. The second-order valence-electron chi connectivity index (χ2n) is 6.95. The van der Waals surface area contributed by atoms with E-state index in [0.717, 1.165) is 29.3 Å². The quantitative estimate of drug-likeness (QED) is 0.710. The number of aromatic nitrogens is 1. The van der Waals surface area contributed by atoms with Gasteiger partial charge in [-0.15, -0.1) is 0 Å².